The highest BCUT2D eigenvalue weighted by Crippen LogP contribution is 2.19. The van der Waals surface area contributed by atoms with E-state index in [1.807, 2.05) is 0 Å². The zero-order chi connectivity index (χ0) is 21.9. The van der Waals surface area contributed by atoms with Crippen molar-refractivity contribution in [1.29, 1.82) is 0 Å². The second kappa shape index (κ2) is 8.93. The van der Waals surface area contributed by atoms with Crippen LogP contribution in [0, 0.1) is 0 Å². The van der Waals surface area contributed by atoms with Crippen molar-refractivity contribution in [3.05, 3.63) is 59.1 Å². The van der Waals surface area contributed by atoms with Crippen LogP contribution in [0.5, 0.6) is 0 Å². The van der Waals surface area contributed by atoms with Gasteiger partial charge in [0.05, 0.1) is 11.2 Å². The number of nitrogens with zero attached hydrogens (tertiary/aromatic N) is 2. The first-order chi connectivity index (χ1) is 14.1. The molecular weight excluding hydrogens is 450 g/mol. The molecule has 11 heteroatoms. The van der Waals surface area contributed by atoms with Gasteiger partial charge in [-0.1, -0.05) is 11.6 Å². The third kappa shape index (κ3) is 5.51. The summed E-state index contributed by atoms with van der Waals surface area (Å²) in [6.45, 7) is 1.32. The Morgan fingerprint density at radius 1 is 0.900 bits per heavy atom. The third-order valence-electron chi connectivity index (χ3n) is 4.72. The molecule has 0 atom stereocenters. The van der Waals surface area contributed by atoms with E-state index in [2.05, 4.69) is 4.72 Å². The molecule has 0 aliphatic carbocycles. The molecule has 1 amide bonds. The predicted molar refractivity (Wildman–Crippen MR) is 116 cm³/mol. The number of hydrogen-bond donors (Lipinski definition) is 1. The zero-order valence-corrected chi connectivity index (χ0v) is 18.7. The number of benzene rings is 2. The average molecular weight is 472 g/mol. The minimum absolute atomic E-state index is 0.0214. The first kappa shape index (κ1) is 22.5. The van der Waals surface area contributed by atoms with Gasteiger partial charge in [0.2, 0.25) is 10.0 Å². The van der Waals surface area contributed by atoms with Crippen molar-refractivity contribution in [2.24, 2.45) is 0 Å². The Morgan fingerprint density at radius 2 is 1.53 bits per heavy atom. The summed E-state index contributed by atoms with van der Waals surface area (Å²) < 4.78 is 52.3. The van der Waals surface area contributed by atoms with Gasteiger partial charge < -0.3 is 4.90 Å². The SMILES string of the molecule is CS(=O)(=O)N1CCCN(C(=O)c2ccc(S(=O)(=O)Nc3ccc(Cl)cc3)cc2)CC1. The number of sulfonamides is 2. The number of nitrogens with one attached hydrogen (secondary N) is 1. The minimum atomic E-state index is -3.81. The van der Waals surface area contributed by atoms with E-state index in [1.54, 1.807) is 29.2 Å². The van der Waals surface area contributed by atoms with Gasteiger partial charge in [-0.25, -0.2) is 21.1 Å². The average Bonchev–Trinajstić information content (AvgIpc) is 2.95. The van der Waals surface area contributed by atoms with Crippen molar-refractivity contribution in [3.8, 4) is 0 Å². The summed E-state index contributed by atoms with van der Waals surface area (Å²) in [5.74, 6) is -0.264. The fourth-order valence-corrected chi connectivity index (χ4v) is 5.18. The maximum Gasteiger partial charge on any atom is 0.261 e. The normalized spacial score (nSPS) is 16.1. The maximum atomic E-state index is 12.8. The van der Waals surface area contributed by atoms with Crippen LogP contribution < -0.4 is 4.72 Å². The highest BCUT2D eigenvalue weighted by molar-refractivity contribution is 7.92. The fourth-order valence-electron chi connectivity index (χ4n) is 3.12. The van der Waals surface area contributed by atoms with Gasteiger partial charge in [-0.2, -0.15) is 0 Å². The topological polar surface area (TPSA) is 104 Å². The Morgan fingerprint density at radius 3 is 2.13 bits per heavy atom. The van der Waals surface area contributed by atoms with E-state index in [-0.39, 0.29) is 23.9 Å². The number of amides is 1. The van der Waals surface area contributed by atoms with Crippen molar-refractivity contribution in [2.45, 2.75) is 11.3 Å². The number of carbonyl (C=O) groups excluding carboxylic acids is 1. The molecule has 1 aliphatic heterocycles. The van der Waals surface area contributed by atoms with Crippen LogP contribution in [-0.2, 0) is 20.0 Å². The third-order valence-corrected chi connectivity index (χ3v) is 7.67. The number of carbonyl (C=O) groups is 1. The zero-order valence-electron chi connectivity index (χ0n) is 16.3. The largest absolute Gasteiger partial charge is 0.337 e. The van der Waals surface area contributed by atoms with Gasteiger partial charge in [0.1, 0.15) is 0 Å². The fraction of sp³-hybridized carbons (Fsp3) is 0.316. The van der Waals surface area contributed by atoms with Gasteiger partial charge in [-0.3, -0.25) is 9.52 Å². The van der Waals surface area contributed by atoms with Crippen molar-refractivity contribution in [1.82, 2.24) is 9.21 Å². The number of hydrogen-bond acceptors (Lipinski definition) is 5. The Balaban J connectivity index is 1.70. The van der Waals surface area contributed by atoms with Crippen molar-refractivity contribution in [3.63, 3.8) is 0 Å². The molecule has 0 aromatic heterocycles. The quantitative estimate of drug-likeness (QED) is 0.720. The molecule has 0 unspecified atom stereocenters. The second-order valence-corrected chi connectivity index (χ2v) is 11.0. The minimum Gasteiger partial charge on any atom is -0.337 e. The molecule has 8 nitrogen and oxygen atoms in total. The molecule has 1 aliphatic rings. The molecule has 30 heavy (non-hydrogen) atoms. The lowest BCUT2D eigenvalue weighted by Gasteiger charge is -2.21. The lowest BCUT2D eigenvalue weighted by molar-refractivity contribution is 0.0764. The van der Waals surface area contributed by atoms with Crippen LogP contribution in [0.4, 0.5) is 5.69 Å². The Hall–Kier alpha value is -2.14. The van der Waals surface area contributed by atoms with E-state index in [1.165, 1.54) is 28.6 Å². The van der Waals surface area contributed by atoms with Crippen LogP contribution >= 0.6 is 11.6 Å². The van der Waals surface area contributed by atoms with E-state index < -0.39 is 20.0 Å². The lowest BCUT2D eigenvalue weighted by atomic mass is 10.2. The Labute approximate surface area is 181 Å². The summed E-state index contributed by atoms with van der Waals surface area (Å²) >= 11 is 5.81. The van der Waals surface area contributed by atoms with Gasteiger partial charge in [-0.15, -0.1) is 0 Å². The molecule has 0 radical (unpaired) electrons. The Kier molecular flexibility index (Phi) is 6.71. The monoisotopic (exact) mass is 471 g/mol. The molecule has 0 spiro atoms. The summed E-state index contributed by atoms with van der Waals surface area (Å²) in [7, 11) is -7.11. The molecule has 1 heterocycles. The van der Waals surface area contributed by atoms with Crippen molar-refractivity contribution >= 4 is 43.2 Å². The maximum absolute atomic E-state index is 12.8. The van der Waals surface area contributed by atoms with Crippen LogP contribution in [0.2, 0.25) is 5.02 Å². The van der Waals surface area contributed by atoms with Crippen LogP contribution in [0.3, 0.4) is 0 Å². The molecule has 2 aromatic rings. The standard InChI is InChI=1S/C19H22ClN3O5S2/c1-29(25,26)23-12-2-11-22(13-14-23)19(24)15-3-9-18(10-4-15)30(27,28)21-17-7-5-16(20)6-8-17/h3-10,21H,2,11-14H2,1H3. The van der Waals surface area contributed by atoms with E-state index in [0.717, 1.165) is 6.26 Å². The first-order valence-corrected chi connectivity index (χ1v) is 12.9. The van der Waals surface area contributed by atoms with Gasteiger partial charge >= 0.3 is 0 Å². The molecule has 0 bridgehead atoms. The molecule has 1 N–H and O–H groups in total. The molecule has 3 rings (SSSR count). The van der Waals surface area contributed by atoms with Crippen LogP contribution in [0.25, 0.3) is 0 Å². The van der Waals surface area contributed by atoms with Crippen molar-refractivity contribution in [2.75, 3.05) is 37.2 Å². The summed E-state index contributed by atoms with van der Waals surface area (Å²) in [5.41, 5.74) is 0.716. The number of anilines is 1. The summed E-state index contributed by atoms with van der Waals surface area (Å²) in [6, 6.07) is 11.9. The first-order valence-electron chi connectivity index (χ1n) is 9.19. The van der Waals surface area contributed by atoms with E-state index in [9.17, 15) is 21.6 Å². The van der Waals surface area contributed by atoms with Gasteiger partial charge in [0.15, 0.2) is 0 Å². The molecular formula is C19H22ClN3O5S2. The van der Waals surface area contributed by atoms with Gasteiger partial charge in [0.25, 0.3) is 15.9 Å². The highest BCUT2D eigenvalue weighted by atomic mass is 35.5. The molecule has 1 saturated heterocycles. The van der Waals surface area contributed by atoms with Crippen LogP contribution in [-0.4, -0.2) is 64.4 Å². The Bertz CT molecular complexity index is 1120. The smallest absolute Gasteiger partial charge is 0.261 e. The number of rotatable bonds is 5. The van der Waals surface area contributed by atoms with Crippen LogP contribution in [0.1, 0.15) is 16.8 Å². The molecule has 162 valence electrons. The van der Waals surface area contributed by atoms with Gasteiger partial charge in [-0.05, 0) is 55.0 Å². The summed E-state index contributed by atoms with van der Waals surface area (Å²) in [6.07, 6.45) is 1.69. The van der Waals surface area contributed by atoms with E-state index in [0.29, 0.717) is 35.8 Å². The summed E-state index contributed by atoms with van der Waals surface area (Å²) in [4.78, 5) is 14.4. The molecule has 2 aromatic carbocycles. The predicted octanol–water partition coefficient (Wildman–Crippen LogP) is 2.25. The summed E-state index contributed by atoms with van der Waals surface area (Å²) in [5, 5.41) is 0.494. The highest BCUT2D eigenvalue weighted by Gasteiger charge is 2.25. The van der Waals surface area contributed by atoms with Crippen LogP contribution in [0.15, 0.2) is 53.4 Å². The molecule has 1 fully saturated rings. The van der Waals surface area contributed by atoms with E-state index >= 15 is 0 Å². The van der Waals surface area contributed by atoms with Crippen molar-refractivity contribution < 1.29 is 21.6 Å². The van der Waals surface area contributed by atoms with E-state index in [4.69, 9.17) is 11.6 Å². The molecule has 0 saturated carbocycles. The number of halogens is 1. The lowest BCUT2D eigenvalue weighted by Crippen LogP contribution is -2.36. The van der Waals surface area contributed by atoms with Gasteiger partial charge in [0, 0.05) is 42.5 Å². The second-order valence-electron chi connectivity index (χ2n) is 6.94.